The van der Waals surface area contributed by atoms with Crippen molar-refractivity contribution < 1.29 is 9.53 Å². The SMILES string of the molecule is Cc1c(Cl)cccc1NC(=O)NCCCOC1CCCCC1. The van der Waals surface area contributed by atoms with Gasteiger partial charge in [0.2, 0.25) is 0 Å². The summed E-state index contributed by atoms with van der Waals surface area (Å²) in [4.78, 5) is 11.8. The molecule has 2 amide bonds. The van der Waals surface area contributed by atoms with Gasteiger partial charge in [-0.1, -0.05) is 36.9 Å². The smallest absolute Gasteiger partial charge is 0.319 e. The second-order valence-corrected chi connectivity index (χ2v) is 6.18. The summed E-state index contributed by atoms with van der Waals surface area (Å²) in [5.74, 6) is 0. The standard InChI is InChI=1S/C17H25ClN2O2/c1-13-15(18)9-5-10-16(13)20-17(21)19-11-6-12-22-14-7-3-2-4-8-14/h5,9-10,14H,2-4,6-8,11-12H2,1H3,(H2,19,20,21). The molecule has 0 atom stereocenters. The molecule has 1 aliphatic rings. The highest BCUT2D eigenvalue weighted by Crippen LogP contribution is 2.22. The lowest BCUT2D eigenvalue weighted by Gasteiger charge is -2.21. The van der Waals surface area contributed by atoms with Crippen molar-refractivity contribution in [1.82, 2.24) is 5.32 Å². The summed E-state index contributed by atoms with van der Waals surface area (Å²) in [6.45, 7) is 3.20. The van der Waals surface area contributed by atoms with E-state index in [1.807, 2.05) is 25.1 Å². The van der Waals surface area contributed by atoms with Gasteiger partial charge in [-0.2, -0.15) is 0 Å². The van der Waals surface area contributed by atoms with Crippen LogP contribution >= 0.6 is 11.6 Å². The molecule has 0 saturated heterocycles. The summed E-state index contributed by atoms with van der Waals surface area (Å²) >= 11 is 6.03. The van der Waals surface area contributed by atoms with E-state index >= 15 is 0 Å². The summed E-state index contributed by atoms with van der Waals surface area (Å²) in [6, 6.07) is 5.27. The van der Waals surface area contributed by atoms with E-state index in [-0.39, 0.29) is 6.03 Å². The molecule has 0 spiro atoms. The van der Waals surface area contributed by atoms with E-state index in [2.05, 4.69) is 10.6 Å². The first-order valence-electron chi connectivity index (χ1n) is 8.08. The fourth-order valence-corrected chi connectivity index (χ4v) is 2.84. The van der Waals surface area contributed by atoms with Crippen molar-refractivity contribution in [3.8, 4) is 0 Å². The monoisotopic (exact) mass is 324 g/mol. The first-order valence-corrected chi connectivity index (χ1v) is 8.46. The Labute approximate surface area is 137 Å². The van der Waals surface area contributed by atoms with Gasteiger partial charge in [0.1, 0.15) is 0 Å². The molecule has 2 rings (SSSR count). The van der Waals surface area contributed by atoms with Gasteiger partial charge in [0, 0.05) is 23.9 Å². The van der Waals surface area contributed by atoms with Crippen molar-refractivity contribution >= 4 is 23.3 Å². The third-order valence-electron chi connectivity index (χ3n) is 4.03. The number of amides is 2. The maximum Gasteiger partial charge on any atom is 0.319 e. The zero-order chi connectivity index (χ0) is 15.8. The highest BCUT2D eigenvalue weighted by atomic mass is 35.5. The van der Waals surface area contributed by atoms with E-state index in [1.165, 1.54) is 32.1 Å². The molecule has 4 nitrogen and oxygen atoms in total. The van der Waals surface area contributed by atoms with E-state index in [0.29, 0.717) is 24.3 Å². The largest absolute Gasteiger partial charge is 0.378 e. The minimum Gasteiger partial charge on any atom is -0.378 e. The molecule has 1 aromatic carbocycles. The zero-order valence-corrected chi connectivity index (χ0v) is 13.9. The number of halogens is 1. The second kappa shape index (κ2) is 9.01. The minimum absolute atomic E-state index is 0.206. The van der Waals surface area contributed by atoms with Crippen molar-refractivity contribution in [3.05, 3.63) is 28.8 Å². The molecule has 0 heterocycles. The Morgan fingerprint density at radius 1 is 1.32 bits per heavy atom. The van der Waals surface area contributed by atoms with Crippen LogP contribution < -0.4 is 10.6 Å². The molecule has 0 radical (unpaired) electrons. The van der Waals surface area contributed by atoms with Gasteiger partial charge in [-0.15, -0.1) is 0 Å². The van der Waals surface area contributed by atoms with Gasteiger partial charge in [-0.25, -0.2) is 4.79 Å². The van der Waals surface area contributed by atoms with Crippen LogP contribution in [-0.2, 0) is 4.74 Å². The fourth-order valence-electron chi connectivity index (χ4n) is 2.67. The van der Waals surface area contributed by atoms with Gasteiger partial charge in [-0.3, -0.25) is 0 Å². The number of nitrogens with one attached hydrogen (secondary N) is 2. The van der Waals surface area contributed by atoms with Crippen molar-refractivity contribution in [3.63, 3.8) is 0 Å². The summed E-state index contributed by atoms with van der Waals surface area (Å²) < 4.78 is 5.83. The van der Waals surface area contributed by atoms with Crippen LogP contribution in [0.15, 0.2) is 18.2 Å². The van der Waals surface area contributed by atoms with Gasteiger partial charge in [0.25, 0.3) is 0 Å². The third-order valence-corrected chi connectivity index (χ3v) is 4.44. The van der Waals surface area contributed by atoms with Crippen LogP contribution in [0.3, 0.4) is 0 Å². The molecule has 0 bridgehead atoms. The van der Waals surface area contributed by atoms with Crippen LogP contribution in [0.1, 0.15) is 44.1 Å². The number of anilines is 1. The number of ether oxygens (including phenoxy) is 1. The van der Waals surface area contributed by atoms with Crippen molar-refractivity contribution in [2.24, 2.45) is 0 Å². The molecular weight excluding hydrogens is 300 g/mol. The summed E-state index contributed by atoms with van der Waals surface area (Å²) in [6.07, 6.45) is 7.53. The van der Waals surface area contributed by atoms with Gasteiger partial charge < -0.3 is 15.4 Å². The molecule has 122 valence electrons. The molecule has 1 saturated carbocycles. The van der Waals surface area contributed by atoms with Crippen LogP contribution in [0, 0.1) is 6.92 Å². The topological polar surface area (TPSA) is 50.4 Å². The van der Waals surface area contributed by atoms with Crippen LogP contribution in [0.25, 0.3) is 0 Å². The molecule has 1 aromatic rings. The lowest BCUT2D eigenvalue weighted by atomic mass is 9.98. The number of carbonyl (C=O) groups is 1. The van der Waals surface area contributed by atoms with Crippen LogP contribution in [-0.4, -0.2) is 25.3 Å². The van der Waals surface area contributed by atoms with Crippen molar-refractivity contribution in [2.75, 3.05) is 18.5 Å². The minimum atomic E-state index is -0.206. The first kappa shape index (κ1) is 17.1. The van der Waals surface area contributed by atoms with Gasteiger partial charge in [0.15, 0.2) is 0 Å². The van der Waals surface area contributed by atoms with E-state index in [1.54, 1.807) is 0 Å². The predicted octanol–water partition coefficient (Wildman–Crippen LogP) is 4.51. The summed E-state index contributed by atoms with van der Waals surface area (Å²) in [5, 5.41) is 6.31. The van der Waals surface area contributed by atoms with Crippen LogP contribution in [0.5, 0.6) is 0 Å². The highest BCUT2D eigenvalue weighted by molar-refractivity contribution is 6.31. The predicted molar refractivity (Wildman–Crippen MR) is 90.7 cm³/mol. The summed E-state index contributed by atoms with van der Waals surface area (Å²) in [7, 11) is 0. The molecule has 5 heteroatoms. The molecule has 1 aliphatic carbocycles. The Morgan fingerprint density at radius 3 is 2.86 bits per heavy atom. The molecule has 22 heavy (non-hydrogen) atoms. The van der Waals surface area contributed by atoms with Crippen molar-refractivity contribution in [2.45, 2.75) is 51.6 Å². The van der Waals surface area contributed by atoms with E-state index in [9.17, 15) is 4.79 Å². The molecule has 2 N–H and O–H groups in total. The quantitative estimate of drug-likeness (QED) is 0.756. The molecule has 0 unspecified atom stereocenters. The second-order valence-electron chi connectivity index (χ2n) is 5.78. The van der Waals surface area contributed by atoms with E-state index in [4.69, 9.17) is 16.3 Å². The van der Waals surface area contributed by atoms with E-state index in [0.717, 1.165) is 17.7 Å². The number of urea groups is 1. The highest BCUT2D eigenvalue weighted by Gasteiger charge is 2.13. The Hall–Kier alpha value is -1.26. The van der Waals surface area contributed by atoms with Gasteiger partial charge in [0.05, 0.1) is 6.10 Å². The molecule has 0 aromatic heterocycles. The Bertz CT molecular complexity index is 488. The lowest BCUT2D eigenvalue weighted by Crippen LogP contribution is -2.30. The Kier molecular flexibility index (Phi) is 7.00. The average molecular weight is 325 g/mol. The van der Waals surface area contributed by atoms with Gasteiger partial charge in [-0.05, 0) is 43.9 Å². The van der Waals surface area contributed by atoms with Crippen LogP contribution in [0.4, 0.5) is 10.5 Å². The normalized spacial score (nSPS) is 15.5. The maximum atomic E-state index is 11.8. The number of carbonyl (C=O) groups excluding carboxylic acids is 1. The molecule has 0 aliphatic heterocycles. The fraction of sp³-hybridized carbons (Fsp3) is 0.588. The Morgan fingerprint density at radius 2 is 2.09 bits per heavy atom. The third kappa shape index (κ3) is 5.50. The van der Waals surface area contributed by atoms with E-state index < -0.39 is 0 Å². The lowest BCUT2D eigenvalue weighted by molar-refractivity contribution is 0.0276. The Balaban J connectivity index is 1.60. The number of hydrogen-bond acceptors (Lipinski definition) is 2. The number of benzene rings is 1. The molecular formula is C17H25ClN2O2. The first-order chi connectivity index (χ1) is 10.7. The summed E-state index contributed by atoms with van der Waals surface area (Å²) in [5.41, 5.74) is 1.61. The van der Waals surface area contributed by atoms with Gasteiger partial charge >= 0.3 is 6.03 Å². The zero-order valence-electron chi connectivity index (χ0n) is 13.2. The van der Waals surface area contributed by atoms with Crippen LogP contribution in [0.2, 0.25) is 5.02 Å². The van der Waals surface area contributed by atoms with Crippen molar-refractivity contribution in [1.29, 1.82) is 0 Å². The number of rotatable bonds is 6. The average Bonchev–Trinajstić information content (AvgIpc) is 2.52. The molecule has 1 fully saturated rings. The number of hydrogen-bond donors (Lipinski definition) is 2. The maximum absolute atomic E-state index is 11.8.